The van der Waals surface area contributed by atoms with E-state index in [0.29, 0.717) is 29.3 Å². The molecular formula is C34H32ClF3N8O7. The average Bonchev–Trinajstić information content (AvgIpc) is 3.90. The number of nitrogens with one attached hydrogen (secondary N) is 5. The van der Waals surface area contributed by atoms with Gasteiger partial charge >= 0.3 is 30.0 Å². The van der Waals surface area contributed by atoms with Crippen molar-refractivity contribution in [3.63, 3.8) is 0 Å². The third-order valence-corrected chi connectivity index (χ3v) is 8.02. The van der Waals surface area contributed by atoms with Crippen LogP contribution in [-0.4, -0.2) is 76.2 Å². The number of benzene rings is 3. The molecule has 0 unspecified atom stereocenters. The largest absolute Gasteiger partial charge is 0.495 e. The zero-order valence-electron chi connectivity index (χ0n) is 27.8. The molecule has 1 heterocycles. The van der Waals surface area contributed by atoms with Crippen LogP contribution in [0, 0.1) is 0 Å². The first kappa shape index (κ1) is 38.1. The first-order valence-corrected chi connectivity index (χ1v) is 16.2. The number of carbonyl (C=O) groups is 4. The van der Waals surface area contributed by atoms with Crippen LogP contribution in [0.15, 0.2) is 72.8 Å². The van der Waals surface area contributed by atoms with Crippen molar-refractivity contribution in [2.24, 2.45) is 0 Å². The normalized spacial score (nSPS) is 13.5. The maximum absolute atomic E-state index is 12.9. The summed E-state index contributed by atoms with van der Waals surface area (Å²) in [6.07, 6.45) is -3.50. The van der Waals surface area contributed by atoms with Crippen LogP contribution in [0.5, 0.6) is 11.8 Å². The number of carbonyl (C=O) groups excluding carboxylic acids is 3. The molecule has 19 heteroatoms. The summed E-state index contributed by atoms with van der Waals surface area (Å²) in [5.41, 5.74) is 0.963. The van der Waals surface area contributed by atoms with Crippen molar-refractivity contribution in [1.29, 1.82) is 0 Å². The molecule has 1 aliphatic carbocycles. The molecule has 4 aromatic rings. The number of nitrogens with zero attached hydrogens (tertiary/aromatic N) is 3. The molecule has 1 atom stereocenters. The van der Waals surface area contributed by atoms with Crippen LogP contribution in [0.4, 0.5) is 36.4 Å². The van der Waals surface area contributed by atoms with Crippen molar-refractivity contribution in [3.05, 3.63) is 88.9 Å². The van der Waals surface area contributed by atoms with Crippen molar-refractivity contribution < 1.29 is 46.9 Å². The molecule has 15 nitrogen and oxygen atoms in total. The third-order valence-electron chi connectivity index (χ3n) is 7.76. The van der Waals surface area contributed by atoms with Crippen LogP contribution in [0.1, 0.15) is 35.2 Å². The van der Waals surface area contributed by atoms with Crippen LogP contribution in [0.3, 0.4) is 0 Å². The lowest BCUT2D eigenvalue weighted by molar-refractivity contribution is -0.154. The lowest BCUT2D eigenvalue weighted by Crippen LogP contribution is -2.44. The summed E-state index contributed by atoms with van der Waals surface area (Å²) in [7, 11) is 1.40. The Kier molecular flexibility index (Phi) is 11.8. The van der Waals surface area contributed by atoms with E-state index in [1.54, 1.807) is 30.3 Å². The number of methoxy groups -OCH3 is 1. The van der Waals surface area contributed by atoms with Crippen molar-refractivity contribution in [2.45, 2.75) is 37.0 Å². The molecule has 0 aliphatic heterocycles. The Morgan fingerprint density at radius 2 is 1.60 bits per heavy atom. The molecule has 53 heavy (non-hydrogen) atoms. The van der Waals surface area contributed by atoms with Gasteiger partial charge in [-0.15, -0.1) is 0 Å². The van der Waals surface area contributed by atoms with Crippen LogP contribution in [0.25, 0.3) is 0 Å². The van der Waals surface area contributed by atoms with E-state index < -0.39 is 54.1 Å². The van der Waals surface area contributed by atoms with Gasteiger partial charge in [0.2, 0.25) is 11.9 Å². The van der Waals surface area contributed by atoms with E-state index in [1.807, 2.05) is 12.1 Å². The molecule has 1 saturated carbocycles. The quantitative estimate of drug-likeness (QED) is 0.0918. The Bertz CT molecular complexity index is 1960. The van der Waals surface area contributed by atoms with Crippen molar-refractivity contribution in [2.75, 3.05) is 36.2 Å². The van der Waals surface area contributed by atoms with Crippen molar-refractivity contribution >= 4 is 58.6 Å². The Morgan fingerprint density at radius 3 is 2.25 bits per heavy atom. The van der Waals surface area contributed by atoms with E-state index in [1.165, 1.54) is 37.4 Å². The third kappa shape index (κ3) is 10.7. The summed E-state index contributed by atoms with van der Waals surface area (Å²) in [4.78, 5) is 61.6. The number of hydrogen-bond acceptors (Lipinski definition) is 11. The fraction of sp³-hybridized carbons (Fsp3) is 0.265. The molecule has 278 valence electrons. The highest BCUT2D eigenvalue weighted by Crippen LogP contribution is 2.48. The minimum Gasteiger partial charge on any atom is -0.495 e. The zero-order chi connectivity index (χ0) is 38.2. The molecule has 0 radical (unpaired) electrons. The van der Waals surface area contributed by atoms with Crippen LogP contribution in [0.2, 0.25) is 5.02 Å². The minimum atomic E-state index is -4.65. The Hall–Kier alpha value is -6.17. The number of para-hydroxylation sites is 2. The molecule has 1 fully saturated rings. The molecule has 0 spiro atoms. The highest BCUT2D eigenvalue weighted by Gasteiger charge is 2.45. The Balaban J connectivity index is 1.19. The number of hydrogen-bond donors (Lipinski definition) is 6. The molecule has 1 aromatic heterocycles. The second-order valence-corrected chi connectivity index (χ2v) is 12.1. The van der Waals surface area contributed by atoms with Crippen LogP contribution in [-0.2, 0) is 19.9 Å². The molecule has 1 aliphatic rings. The number of amides is 3. The summed E-state index contributed by atoms with van der Waals surface area (Å²) in [5.74, 6) is -4.03. The van der Waals surface area contributed by atoms with Gasteiger partial charge in [0.25, 0.3) is 5.91 Å². The van der Waals surface area contributed by atoms with Gasteiger partial charge in [0.05, 0.1) is 18.3 Å². The van der Waals surface area contributed by atoms with Crippen molar-refractivity contribution in [1.82, 2.24) is 25.6 Å². The minimum absolute atomic E-state index is 0.0453. The molecular weight excluding hydrogens is 725 g/mol. The van der Waals surface area contributed by atoms with E-state index in [2.05, 4.69) is 41.5 Å². The summed E-state index contributed by atoms with van der Waals surface area (Å²) in [5, 5.41) is 23.3. The number of ether oxygens (including phenoxy) is 2. The number of rotatable bonds is 15. The van der Waals surface area contributed by atoms with E-state index in [9.17, 15) is 37.5 Å². The number of anilines is 4. The average molecular weight is 757 g/mol. The van der Waals surface area contributed by atoms with Gasteiger partial charge in [0.1, 0.15) is 11.8 Å². The maximum Gasteiger partial charge on any atom is 0.422 e. The van der Waals surface area contributed by atoms with Gasteiger partial charge < -0.3 is 41.2 Å². The van der Waals surface area contributed by atoms with Gasteiger partial charge in [-0.25, -0.2) is 4.79 Å². The standard InChI is InChI=1S/C34H32ClF3N8O7/c1-52-25-5-3-2-4-23(25)41-28(49)27(48)39-17-14-24(29(50)51)42-26(47)19-6-12-22(13-7-19)40-30-43-31(45-32(44-30)53-18-34(36,37)38)46-33(15-16-33)20-8-10-21(35)11-9-20/h2-13,24H,14-18H2,1H3,(H,39,48)(H,41,49)(H,42,47)(H,50,51)(H2,40,43,44,45,46)/t24-/m0/s1. The molecule has 3 aromatic carbocycles. The molecule has 0 bridgehead atoms. The highest BCUT2D eigenvalue weighted by molar-refractivity contribution is 6.39. The molecule has 0 saturated heterocycles. The highest BCUT2D eigenvalue weighted by atomic mass is 35.5. The predicted octanol–water partition coefficient (Wildman–Crippen LogP) is 4.65. The van der Waals surface area contributed by atoms with Crippen molar-refractivity contribution in [3.8, 4) is 11.8 Å². The SMILES string of the molecule is COc1ccccc1NC(=O)C(=O)NCC[C@H](NC(=O)c1ccc(Nc2nc(NC3(c4ccc(Cl)cc4)CC3)nc(OCC(F)(F)F)n2)cc1)C(=O)O. The Morgan fingerprint density at radius 1 is 0.925 bits per heavy atom. The summed E-state index contributed by atoms with van der Waals surface area (Å²) < 4.78 is 48.7. The fourth-order valence-corrected chi connectivity index (χ4v) is 5.07. The fourth-order valence-electron chi connectivity index (χ4n) is 4.94. The predicted molar refractivity (Wildman–Crippen MR) is 185 cm³/mol. The van der Waals surface area contributed by atoms with E-state index in [-0.39, 0.29) is 36.1 Å². The van der Waals surface area contributed by atoms with Gasteiger partial charge in [0, 0.05) is 22.8 Å². The number of aromatic nitrogens is 3. The topological polar surface area (TPSA) is 206 Å². The molecule has 5 rings (SSSR count). The maximum atomic E-state index is 12.9. The lowest BCUT2D eigenvalue weighted by atomic mass is 10.1. The summed E-state index contributed by atoms with van der Waals surface area (Å²) >= 11 is 6.01. The molecule has 3 amide bonds. The van der Waals surface area contributed by atoms with Gasteiger partial charge in [-0.2, -0.15) is 28.1 Å². The second-order valence-electron chi connectivity index (χ2n) is 11.6. The zero-order valence-corrected chi connectivity index (χ0v) is 28.5. The van der Waals surface area contributed by atoms with Gasteiger partial charge in [0.15, 0.2) is 6.61 Å². The van der Waals surface area contributed by atoms with Crippen LogP contribution < -0.4 is 36.1 Å². The number of alkyl halides is 3. The monoisotopic (exact) mass is 756 g/mol. The first-order valence-electron chi connectivity index (χ1n) is 15.9. The number of carboxylic acids is 1. The van der Waals surface area contributed by atoms with E-state index in [4.69, 9.17) is 21.1 Å². The van der Waals surface area contributed by atoms with Crippen LogP contribution >= 0.6 is 11.6 Å². The van der Waals surface area contributed by atoms with Gasteiger partial charge in [-0.3, -0.25) is 14.4 Å². The summed E-state index contributed by atoms with van der Waals surface area (Å²) in [6.45, 7) is -1.89. The second kappa shape index (κ2) is 16.4. The van der Waals surface area contributed by atoms with Gasteiger partial charge in [-0.05, 0) is 73.4 Å². The van der Waals surface area contributed by atoms with Gasteiger partial charge in [-0.1, -0.05) is 35.9 Å². The summed E-state index contributed by atoms with van der Waals surface area (Å²) in [6, 6.07) is 17.1. The Labute approximate surface area is 304 Å². The number of aliphatic carboxylic acids is 1. The lowest BCUT2D eigenvalue weighted by Gasteiger charge is -2.19. The first-order chi connectivity index (χ1) is 25.2. The number of carboxylic acid groups (broad SMARTS) is 1. The smallest absolute Gasteiger partial charge is 0.422 e. The molecule has 6 N–H and O–H groups in total. The van der Waals surface area contributed by atoms with E-state index in [0.717, 1.165) is 5.56 Å². The number of halogens is 4. The van der Waals surface area contributed by atoms with E-state index >= 15 is 0 Å².